The van der Waals surface area contributed by atoms with E-state index in [-0.39, 0.29) is 49.2 Å². The van der Waals surface area contributed by atoms with Crippen LogP contribution in [0.3, 0.4) is 0 Å². The molecule has 0 radical (unpaired) electrons. The summed E-state index contributed by atoms with van der Waals surface area (Å²) in [5, 5.41) is 6.02. The van der Waals surface area contributed by atoms with E-state index in [1.165, 1.54) is 0 Å². The Morgan fingerprint density at radius 1 is 1.26 bits per heavy atom. The van der Waals surface area contributed by atoms with E-state index in [0.717, 1.165) is 31.5 Å². The van der Waals surface area contributed by atoms with E-state index in [1.807, 2.05) is 29.2 Å². The Hall–Kier alpha value is -1.70. The van der Waals surface area contributed by atoms with Crippen LogP contribution in [0.25, 0.3) is 0 Å². The SMILES string of the molecule is COc1ccccc1NCC(=O)N1CCCCC1CNC(=O)CCN.Cl.Cl. The van der Waals surface area contributed by atoms with Crippen LogP contribution in [-0.2, 0) is 9.59 Å². The maximum atomic E-state index is 12.6. The van der Waals surface area contributed by atoms with Gasteiger partial charge in [0.2, 0.25) is 11.8 Å². The molecule has 1 unspecified atom stereocenters. The zero-order chi connectivity index (χ0) is 18.1. The summed E-state index contributed by atoms with van der Waals surface area (Å²) in [4.78, 5) is 26.1. The van der Waals surface area contributed by atoms with Gasteiger partial charge in [0.05, 0.1) is 19.3 Å². The number of methoxy groups -OCH3 is 1. The number of nitrogens with two attached hydrogens (primary N) is 1. The molecule has 1 atom stereocenters. The molecular weight excluding hydrogens is 391 g/mol. The van der Waals surface area contributed by atoms with Crippen LogP contribution >= 0.6 is 24.8 Å². The Kier molecular flexibility index (Phi) is 12.6. The molecule has 0 spiro atoms. The molecule has 7 nitrogen and oxygen atoms in total. The number of piperidine rings is 1. The number of hydrogen-bond donors (Lipinski definition) is 3. The molecule has 9 heteroatoms. The van der Waals surface area contributed by atoms with Gasteiger partial charge in [-0.25, -0.2) is 0 Å². The van der Waals surface area contributed by atoms with E-state index in [4.69, 9.17) is 10.5 Å². The highest BCUT2D eigenvalue weighted by Crippen LogP contribution is 2.23. The molecule has 1 saturated heterocycles. The topological polar surface area (TPSA) is 96.7 Å². The number of halogens is 2. The molecular formula is C18H30Cl2N4O3. The molecule has 1 aliphatic rings. The van der Waals surface area contributed by atoms with Gasteiger partial charge in [-0.1, -0.05) is 12.1 Å². The molecule has 1 heterocycles. The van der Waals surface area contributed by atoms with Crippen molar-refractivity contribution < 1.29 is 14.3 Å². The largest absolute Gasteiger partial charge is 0.495 e. The van der Waals surface area contributed by atoms with E-state index in [0.29, 0.717) is 25.3 Å². The molecule has 27 heavy (non-hydrogen) atoms. The van der Waals surface area contributed by atoms with E-state index >= 15 is 0 Å². The molecule has 0 aromatic heterocycles. The average Bonchev–Trinajstić information content (AvgIpc) is 2.65. The molecule has 1 aromatic rings. The van der Waals surface area contributed by atoms with Crippen molar-refractivity contribution in [3.63, 3.8) is 0 Å². The third-order valence-corrected chi connectivity index (χ3v) is 4.39. The van der Waals surface area contributed by atoms with Crippen molar-refractivity contribution in [2.24, 2.45) is 5.73 Å². The first-order valence-electron chi connectivity index (χ1n) is 8.78. The summed E-state index contributed by atoms with van der Waals surface area (Å²) >= 11 is 0. The summed E-state index contributed by atoms with van der Waals surface area (Å²) in [6, 6.07) is 7.56. The van der Waals surface area contributed by atoms with E-state index < -0.39 is 0 Å². The second-order valence-electron chi connectivity index (χ2n) is 6.13. The Bertz CT molecular complexity index is 589. The first-order valence-corrected chi connectivity index (χ1v) is 8.78. The Balaban J connectivity index is 0.00000338. The number of carbonyl (C=O) groups excluding carboxylic acids is 2. The Labute approximate surface area is 173 Å². The molecule has 2 rings (SSSR count). The highest BCUT2D eigenvalue weighted by atomic mass is 35.5. The van der Waals surface area contributed by atoms with Gasteiger partial charge in [0.1, 0.15) is 5.75 Å². The van der Waals surface area contributed by atoms with Crippen molar-refractivity contribution in [3.05, 3.63) is 24.3 Å². The van der Waals surface area contributed by atoms with Gasteiger partial charge >= 0.3 is 0 Å². The van der Waals surface area contributed by atoms with Gasteiger partial charge in [-0.05, 0) is 31.4 Å². The van der Waals surface area contributed by atoms with E-state index in [9.17, 15) is 9.59 Å². The van der Waals surface area contributed by atoms with Gasteiger partial charge < -0.3 is 26.0 Å². The number of amides is 2. The predicted octanol–water partition coefficient (Wildman–Crippen LogP) is 1.80. The van der Waals surface area contributed by atoms with Crippen molar-refractivity contribution >= 4 is 42.3 Å². The summed E-state index contributed by atoms with van der Waals surface area (Å²) in [6.07, 6.45) is 3.29. The van der Waals surface area contributed by atoms with Crippen LogP contribution in [0.1, 0.15) is 25.7 Å². The van der Waals surface area contributed by atoms with Gasteiger partial charge in [-0.2, -0.15) is 0 Å². The van der Waals surface area contributed by atoms with Crippen molar-refractivity contribution in [2.45, 2.75) is 31.7 Å². The number of nitrogens with one attached hydrogen (secondary N) is 2. The first-order chi connectivity index (χ1) is 12.2. The summed E-state index contributed by atoms with van der Waals surface area (Å²) in [5.74, 6) is 0.677. The van der Waals surface area contributed by atoms with Crippen molar-refractivity contribution in [1.29, 1.82) is 0 Å². The quantitative estimate of drug-likeness (QED) is 0.595. The van der Waals surface area contributed by atoms with Gasteiger partial charge in [-0.15, -0.1) is 24.8 Å². The predicted molar refractivity (Wildman–Crippen MR) is 112 cm³/mol. The normalized spacial score (nSPS) is 15.8. The van der Waals surface area contributed by atoms with Crippen molar-refractivity contribution in [2.75, 3.05) is 38.6 Å². The zero-order valence-electron chi connectivity index (χ0n) is 15.6. The average molecular weight is 421 g/mol. The van der Waals surface area contributed by atoms with Gasteiger partial charge in [0, 0.05) is 32.1 Å². The van der Waals surface area contributed by atoms with Crippen LogP contribution in [0, 0.1) is 0 Å². The molecule has 0 bridgehead atoms. The second kappa shape index (κ2) is 13.5. The fourth-order valence-corrected chi connectivity index (χ4v) is 3.06. The van der Waals surface area contributed by atoms with Crippen molar-refractivity contribution in [3.8, 4) is 5.75 Å². The highest BCUT2D eigenvalue weighted by molar-refractivity contribution is 5.85. The number of para-hydroxylation sites is 2. The van der Waals surface area contributed by atoms with E-state index in [1.54, 1.807) is 7.11 Å². The van der Waals surface area contributed by atoms with Crippen LogP contribution in [0.15, 0.2) is 24.3 Å². The number of carbonyl (C=O) groups is 2. The number of rotatable bonds is 8. The van der Waals surface area contributed by atoms with Crippen LogP contribution in [0.2, 0.25) is 0 Å². The maximum absolute atomic E-state index is 12.6. The first kappa shape index (κ1) is 25.3. The number of benzene rings is 1. The third-order valence-electron chi connectivity index (χ3n) is 4.39. The number of hydrogen-bond acceptors (Lipinski definition) is 5. The second-order valence-corrected chi connectivity index (χ2v) is 6.13. The minimum atomic E-state index is -0.0624. The van der Waals surface area contributed by atoms with Crippen LogP contribution in [0.4, 0.5) is 5.69 Å². The standard InChI is InChI=1S/C18H28N4O3.2ClH/c1-25-16-8-3-2-7-15(16)20-13-18(24)22-11-5-4-6-14(22)12-21-17(23)9-10-19;;/h2-3,7-8,14,20H,4-6,9-13,19H2,1H3,(H,21,23);2*1H. The number of likely N-dealkylation sites (tertiary alicyclic amines) is 1. The molecule has 2 amide bonds. The lowest BCUT2D eigenvalue weighted by Crippen LogP contribution is -2.51. The number of anilines is 1. The maximum Gasteiger partial charge on any atom is 0.242 e. The minimum Gasteiger partial charge on any atom is -0.495 e. The molecule has 0 aliphatic carbocycles. The summed E-state index contributed by atoms with van der Waals surface area (Å²) in [7, 11) is 1.60. The fourth-order valence-electron chi connectivity index (χ4n) is 3.06. The smallest absolute Gasteiger partial charge is 0.242 e. The molecule has 1 fully saturated rings. The molecule has 1 aliphatic heterocycles. The molecule has 1 aromatic carbocycles. The molecule has 4 N–H and O–H groups in total. The Morgan fingerprint density at radius 2 is 2.00 bits per heavy atom. The third kappa shape index (κ3) is 7.82. The van der Waals surface area contributed by atoms with Crippen molar-refractivity contribution in [1.82, 2.24) is 10.2 Å². The van der Waals surface area contributed by atoms with Gasteiger partial charge in [0.25, 0.3) is 0 Å². The van der Waals surface area contributed by atoms with Crippen LogP contribution in [-0.4, -0.2) is 56.0 Å². The Morgan fingerprint density at radius 3 is 2.70 bits per heavy atom. The lowest BCUT2D eigenvalue weighted by atomic mass is 10.0. The minimum absolute atomic E-state index is 0. The van der Waals surface area contributed by atoms with Gasteiger partial charge in [0.15, 0.2) is 0 Å². The lowest BCUT2D eigenvalue weighted by Gasteiger charge is -2.36. The summed E-state index contributed by atoms with van der Waals surface area (Å²) in [5.41, 5.74) is 6.18. The van der Waals surface area contributed by atoms with Crippen LogP contribution < -0.4 is 21.1 Å². The monoisotopic (exact) mass is 420 g/mol. The summed E-state index contributed by atoms with van der Waals surface area (Å²) in [6.45, 7) is 1.75. The van der Waals surface area contributed by atoms with E-state index in [2.05, 4.69) is 10.6 Å². The van der Waals surface area contributed by atoms with Gasteiger partial charge in [-0.3, -0.25) is 9.59 Å². The summed E-state index contributed by atoms with van der Waals surface area (Å²) < 4.78 is 5.29. The number of ether oxygens (including phenoxy) is 1. The molecule has 154 valence electrons. The fraction of sp³-hybridized carbons (Fsp3) is 0.556. The number of nitrogens with zero attached hydrogens (tertiary/aromatic N) is 1. The van der Waals surface area contributed by atoms with Crippen LogP contribution in [0.5, 0.6) is 5.75 Å². The molecule has 0 saturated carbocycles. The lowest BCUT2D eigenvalue weighted by molar-refractivity contribution is -0.133. The zero-order valence-corrected chi connectivity index (χ0v) is 17.2. The highest BCUT2D eigenvalue weighted by Gasteiger charge is 2.26.